The lowest BCUT2D eigenvalue weighted by atomic mass is 10.1. The third kappa shape index (κ3) is 6.11. The number of nitro groups is 1. The lowest BCUT2D eigenvalue weighted by molar-refractivity contribution is -0.387. The van der Waals surface area contributed by atoms with E-state index in [9.17, 15) is 32.9 Å². The highest BCUT2D eigenvalue weighted by molar-refractivity contribution is 7.91. The summed E-state index contributed by atoms with van der Waals surface area (Å²) in [5.74, 6) is -2.06. The number of benzene rings is 4. The van der Waals surface area contributed by atoms with Crippen molar-refractivity contribution in [3.05, 3.63) is 129 Å². The van der Waals surface area contributed by atoms with E-state index in [4.69, 9.17) is 9.47 Å². The van der Waals surface area contributed by atoms with Crippen LogP contribution < -0.4 is 4.74 Å². The third-order valence-corrected chi connectivity index (χ3v) is 7.62. The highest BCUT2D eigenvalue weighted by atomic mass is 32.2. The second kappa shape index (κ2) is 11.7. The number of nitrogens with zero attached hydrogens (tertiary/aromatic N) is 1. The molecule has 0 bridgehead atoms. The Bertz CT molecular complexity index is 1710. The fraction of sp³-hybridized carbons (Fsp3) is 0.0690. The number of aryl methyl sites for hydroxylation is 1. The van der Waals surface area contributed by atoms with Gasteiger partial charge in [-0.25, -0.2) is 18.0 Å². The van der Waals surface area contributed by atoms with E-state index in [1.54, 1.807) is 24.3 Å². The van der Waals surface area contributed by atoms with Crippen molar-refractivity contribution in [2.75, 3.05) is 6.61 Å². The zero-order chi connectivity index (χ0) is 28.9. The second-order valence-corrected chi connectivity index (χ2v) is 10.4. The van der Waals surface area contributed by atoms with Gasteiger partial charge in [0.05, 0.1) is 20.9 Å². The Morgan fingerprint density at radius 3 is 1.98 bits per heavy atom. The molecule has 0 unspecified atom stereocenters. The number of carbonyl (C=O) groups excluding carboxylic acids is 3. The van der Waals surface area contributed by atoms with Gasteiger partial charge in [-0.1, -0.05) is 42.0 Å². The van der Waals surface area contributed by atoms with E-state index >= 15 is 0 Å². The Labute approximate surface area is 228 Å². The number of ketones is 1. The zero-order valence-electron chi connectivity index (χ0n) is 21.0. The smallest absolute Gasteiger partial charge is 0.343 e. The minimum absolute atomic E-state index is 0.156. The molecule has 0 aliphatic rings. The van der Waals surface area contributed by atoms with Crippen molar-refractivity contribution in [2.24, 2.45) is 0 Å². The standard InChI is InChI=1S/C29H21NO9S/c1-19-10-12-21(13-11-19)28(32)39-22-16-14-20(15-17-22)25(31)18-38-29(33)23-6-2-4-8-26(23)40(36,37)27-9-5-3-7-24(27)30(34)35/h2-17H,18H2,1H3. The van der Waals surface area contributed by atoms with Crippen molar-refractivity contribution in [3.63, 3.8) is 0 Å². The Morgan fingerprint density at radius 2 is 1.32 bits per heavy atom. The normalized spacial score (nSPS) is 10.9. The fourth-order valence-electron chi connectivity index (χ4n) is 3.68. The number of para-hydroxylation sites is 1. The highest BCUT2D eigenvalue weighted by Gasteiger charge is 2.31. The van der Waals surface area contributed by atoms with Gasteiger partial charge in [-0.05, 0) is 61.5 Å². The highest BCUT2D eigenvalue weighted by Crippen LogP contribution is 2.31. The second-order valence-electron chi connectivity index (χ2n) is 8.50. The van der Waals surface area contributed by atoms with Crippen molar-refractivity contribution in [1.82, 2.24) is 0 Å². The maximum Gasteiger partial charge on any atom is 0.343 e. The number of Topliss-reactive ketones (excluding diaryl/α,β-unsaturated/α-hetero) is 1. The minimum Gasteiger partial charge on any atom is -0.454 e. The summed E-state index contributed by atoms with van der Waals surface area (Å²) in [7, 11) is -4.49. The predicted molar refractivity (Wildman–Crippen MR) is 142 cm³/mol. The van der Waals surface area contributed by atoms with E-state index in [0.717, 1.165) is 23.8 Å². The molecule has 0 saturated carbocycles. The molecule has 0 amide bonds. The molecule has 0 saturated heterocycles. The summed E-state index contributed by atoms with van der Waals surface area (Å²) in [6.45, 7) is 1.18. The fourth-order valence-corrected chi connectivity index (χ4v) is 5.29. The van der Waals surface area contributed by atoms with Crippen LogP contribution in [-0.2, 0) is 14.6 Å². The van der Waals surface area contributed by atoms with Crippen molar-refractivity contribution >= 4 is 33.2 Å². The van der Waals surface area contributed by atoms with Gasteiger partial charge < -0.3 is 9.47 Å². The summed E-state index contributed by atoms with van der Waals surface area (Å²) in [5.41, 5.74) is 0.483. The quantitative estimate of drug-likeness (QED) is 0.0909. The van der Waals surface area contributed by atoms with E-state index in [1.807, 2.05) is 6.92 Å². The average Bonchev–Trinajstić information content (AvgIpc) is 2.96. The molecule has 0 fully saturated rings. The third-order valence-electron chi connectivity index (χ3n) is 5.76. The van der Waals surface area contributed by atoms with Crippen LogP contribution in [0, 0.1) is 17.0 Å². The first-order valence-electron chi connectivity index (χ1n) is 11.7. The summed E-state index contributed by atoms with van der Waals surface area (Å²) >= 11 is 0. The molecule has 10 nitrogen and oxygen atoms in total. The van der Waals surface area contributed by atoms with Crippen LogP contribution in [0.1, 0.15) is 36.6 Å². The summed E-state index contributed by atoms with van der Waals surface area (Å²) in [4.78, 5) is 47.1. The maximum absolute atomic E-state index is 13.2. The van der Waals surface area contributed by atoms with Gasteiger partial charge in [0.15, 0.2) is 12.4 Å². The monoisotopic (exact) mass is 559 g/mol. The maximum atomic E-state index is 13.2. The molecule has 202 valence electrons. The predicted octanol–water partition coefficient (Wildman–Crippen LogP) is 4.99. The van der Waals surface area contributed by atoms with Crippen molar-refractivity contribution in [1.29, 1.82) is 0 Å². The first-order chi connectivity index (χ1) is 19.1. The SMILES string of the molecule is Cc1ccc(C(=O)Oc2ccc(C(=O)COC(=O)c3ccccc3S(=O)(=O)c3ccccc3[N+](=O)[O-])cc2)cc1. The lowest BCUT2D eigenvalue weighted by Crippen LogP contribution is -2.17. The van der Waals surface area contributed by atoms with Crippen LogP contribution >= 0.6 is 0 Å². The van der Waals surface area contributed by atoms with Crippen molar-refractivity contribution < 1.29 is 37.2 Å². The van der Waals surface area contributed by atoms with Gasteiger partial charge in [0, 0.05) is 11.6 Å². The van der Waals surface area contributed by atoms with Crippen LogP contribution in [0.15, 0.2) is 107 Å². The Kier molecular flexibility index (Phi) is 8.15. The van der Waals surface area contributed by atoms with Gasteiger partial charge in [0.2, 0.25) is 9.84 Å². The molecular formula is C29H21NO9S. The van der Waals surface area contributed by atoms with Gasteiger partial charge in [-0.15, -0.1) is 0 Å². The Balaban J connectivity index is 1.45. The minimum atomic E-state index is -4.49. The van der Waals surface area contributed by atoms with E-state index in [2.05, 4.69) is 0 Å². The molecule has 4 rings (SSSR count). The molecule has 11 heteroatoms. The van der Waals surface area contributed by atoms with Gasteiger partial charge in [-0.3, -0.25) is 14.9 Å². The number of rotatable bonds is 9. The molecule has 0 atom stereocenters. The molecule has 0 N–H and O–H groups in total. The Morgan fingerprint density at radius 1 is 0.750 bits per heavy atom. The molecule has 0 aliphatic heterocycles. The van der Waals surface area contributed by atoms with Gasteiger partial charge in [0.25, 0.3) is 5.69 Å². The van der Waals surface area contributed by atoms with Crippen LogP contribution in [0.5, 0.6) is 5.75 Å². The number of esters is 2. The largest absolute Gasteiger partial charge is 0.454 e. The summed E-state index contributed by atoms with van der Waals surface area (Å²) in [6.07, 6.45) is 0. The number of sulfone groups is 1. The summed E-state index contributed by atoms with van der Waals surface area (Å²) in [6, 6.07) is 22.3. The molecule has 40 heavy (non-hydrogen) atoms. The zero-order valence-corrected chi connectivity index (χ0v) is 21.8. The van der Waals surface area contributed by atoms with Crippen molar-refractivity contribution in [2.45, 2.75) is 16.7 Å². The van der Waals surface area contributed by atoms with Crippen LogP contribution in [0.2, 0.25) is 0 Å². The first-order valence-corrected chi connectivity index (χ1v) is 13.2. The summed E-state index contributed by atoms with van der Waals surface area (Å²) in [5, 5.41) is 11.4. The molecule has 4 aromatic carbocycles. The summed E-state index contributed by atoms with van der Waals surface area (Å²) < 4.78 is 36.9. The van der Waals surface area contributed by atoms with Gasteiger partial charge >= 0.3 is 11.9 Å². The molecule has 0 radical (unpaired) electrons. The number of nitro benzene ring substituents is 1. The van der Waals surface area contributed by atoms with Crippen molar-refractivity contribution in [3.8, 4) is 5.75 Å². The molecule has 0 aliphatic carbocycles. The topological polar surface area (TPSA) is 147 Å². The van der Waals surface area contributed by atoms with Crippen LogP contribution in [0.3, 0.4) is 0 Å². The van der Waals surface area contributed by atoms with E-state index in [1.165, 1.54) is 54.6 Å². The molecule has 0 aromatic heterocycles. The average molecular weight is 560 g/mol. The van der Waals surface area contributed by atoms with Gasteiger partial charge in [0.1, 0.15) is 10.6 Å². The number of hydrogen-bond acceptors (Lipinski definition) is 9. The lowest BCUT2D eigenvalue weighted by Gasteiger charge is -2.11. The molecule has 0 heterocycles. The molecular weight excluding hydrogens is 538 g/mol. The number of carbonyl (C=O) groups is 3. The molecule has 0 spiro atoms. The first kappa shape index (κ1) is 27.9. The number of ether oxygens (including phenoxy) is 2. The van der Waals surface area contributed by atoms with Crippen LogP contribution in [-0.4, -0.2) is 37.7 Å². The van der Waals surface area contributed by atoms with E-state index < -0.39 is 54.6 Å². The Hall–Kier alpha value is -5.16. The number of hydrogen-bond donors (Lipinski definition) is 0. The van der Waals surface area contributed by atoms with E-state index in [-0.39, 0.29) is 16.9 Å². The molecule has 4 aromatic rings. The van der Waals surface area contributed by atoms with Crippen LogP contribution in [0.4, 0.5) is 5.69 Å². The van der Waals surface area contributed by atoms with Crippen LogP contribution in [0.25, 0.3) is 0 Å². The van der Waals surface area contributed by atoms with E-state index in [0.29, 0.717) is 5.56 Å². The van der Waals surface area contributed by atoms with Gasteiger partial charge in [-0.2, -0.15) is 0 Å².